The molecule has 214 valence electrons. The van der Waals surface area contributed by atoms with Crippen LogP contribution in [0, 0.1) is 6.92 Å². The van der Waals surface area contributed by atoms with Crippen molar-refractivity contribution in [3.05, 3.63) is 59.8 Å². The maximum Gasteiger partial charge on any atom is 0.280 e. The minimum Gasteiger partial charge on any atom is -0.506 e. The van der Waals surface area contributed by atoms with Crippen molar-refractivity contribution in [2.24, 2.45) is 0 Å². The molecular formula is C28H25ClN2O10. The number of rotatable bonds is 2. The second-order valence-electron chi connectivity index (χ2n) is 10.4. The van der Waals surface area contributed by atoms with Crippen molar-refractivity contribution in [2.75, 3.05) is 26.9 Å². The van der Waals surface area contributed by atoms with Gasteiger partial charge in [0.15, 0.2) is 18.1 Å². The fourth-order valence-corrected chi connectivity index (χ4v) is 6.75. The summed E-state index contributed by atoms with van der Waals surface area (Å²) in [7, 11) is 2.78. The van der Waals surface area contributed by atoms with Gasteiger partial charge in [-0.2, -0.15) is 0 Å². The largest absolute Gasteiger partial charge is 0.506 e. The van der Waals surface area contributed by atoms with Gasteiger partial charge in [-0.1, -0.05) is 11.6 Å². The van der Waals surface area contributed by atoms with Crippen LogP contribution in [0.15, 0.2) is 20.1 Å². The van der Waals surface area contributed by atoms with E-state index < -0.39 is 46.9 Å². The molecule has 7 rings (SSSR count). The first kappa shape index (κ1) is 26.1. The first-order chi connectivity index (χ1) is 19.6. The van der Waals surface area contributed by atoms with Gasteiger partial charge >= 0.3 is 0 Å². The van der Waals surface area contributed by atoms with Crippen LogP contribution < -0.4 is 21.6 Å². The molecule has 13 heteroatoms. The third-order valence-corrected chi connectivity index (χ3v) is 8.95. The molecule has 0 radical (unpaired) electrons. The number of aliphatic hydroxyl groups is 1. The number of benzene rings is 2. The SMILES string of the molecule is CO[C@H]1C[C@@H](O)[C@@H](OC)c2oc3c4c5c(c(O)c3c(=O)c21)-c1c(cc2c(Cl)c(C)n(N)c(=O)c2c1O)C[C@@H]5OCO4. The monoisotopic (exact) mass is 584 g/mol. The Labute approximate surface area is 235 Å². The fourth-order valence-electron chi connectivity index (χ4n) is 6.51. The molecule has 0 unspecified atom stereocenters. The van der Waals surface area contributed by atoms with Crippen molar-refractivity contribution in [1.29, 1.82) is 0 Å². The molecule has 0 saturated heterocycles. The summed E-state index contributed by atoms with van der Waals surface area (Å²) in [5.41, 5.74) is 0.113. The zero-order valence-corrected chi connectivity index (χ0v) is 22.9. The number of nitrogens with two attached hydrogens (primary N) is 1. The Hall–Kier alpha value is -3.81. The summed E-state index contributed by atoms with van der Waals surface area (Å²) in [5.74, 6) is 5.19. The molecule has 5 N–H and O–H groups in total. The number of hydrogen-bond acceptors (Lipinski definition) is 11. The topological polar surface area (TPSA) is 176 Å². The molecule has 3 heterocycles. The van der Waals surface area contributed by atoms with Crippen LogP contribution in [0.5, 0.6) is 17.2 Å². The summed E-state index contributed by atoms with van der Waals surface area (Å²) < 4.78 is 29.8. The molecule has 41 heavy (non-hydrogen) atoms. The van der Waals surface area contributed by atoms with Gasteiger partial charge in [-0.05, 0) is 18.6 Å². The van der Waals surface area contributed by atoms with Crippen molar-refractivity contribution < 1.29 is 38.7 Å². The average molecular weight is 585 g/mol. The number of ether oxygens (including phenoxy) is 4. The summed E-state index contributed by atoms with van der Waals surface area (Å²) in [5, 5.41) is 34.2. The minimum atomic E-state index is -1.02. The molecule has 0 fully saturated rings. The predicted molar refractivity (Wildman–Crippen MR) is 146 cm³/mol. The first-order valence-electron chi connectivity index (χ1n) is 12.8. The van der Waals surface area contributed by atoms with E-state index in [1.165, 1.54) is 14.2 Å². The molecule has 0 spiro atoms. The van der Waals surface area contributed by atoms with Gasteiger partial charge in [0.2, 0.25) is 5.43 Å². The van der Waals surface area contributed by atoms with Crippen molar-refractivity contribution in [2.45, 2.75) is 44.2 Å². The van der Waals surface area contributed by atoms with Crippen LogP contribution in [0.1, 0.15) is 52.9 Å². The third-order valence-electron chi connectivity index (χ3n) is 8.47. The van der Waals surface area contributed by atoms with E-state index in [0.717, 1.165) is 4.68 Å². The molecule has 2 aromatic heterocycles. The number of pyridine rings is 1. The fraction of sp³-hybridized carbons (Fsp3) is 0.357. The summed E-state index contributed by atoms with van der Waals surface area (Å²) in [6.07, 6.45) is -3.18. The molecule has 4 aromatic rings. The first-order valence-corrected chi connectivity index (χ1v) is 13.2. The number of hydrogen-bond donors (Lipinski definition) is 4. The Balaban J connectivity index is 1.65. The molecule has 0 saturated carbocycles. The lowest BCUT2D eigenvalue weighted by atomic mass is 9.79. The number of phenolic OH excluding ortho intramolecular Hbond substituents is 2. The van der Waals surface area contributed by atoms with E-state index in [0.29, 0.717) is 22.2 Å². The molecule has 0 amide bonds. The van der Waals surface area contributed by atoms with E-state index in [4.69, 9.17) is 40.8 Å². The Morgan fingerprint density at radius 3 is 2.54 bits per heavy atom. The number of methoxy groups -OCH3 is 2. The average Bonchev–Trinajstić information content (AvgIpc) is 2.96. The molecule has 1 aliphatic heterocycles. The zero-order valence-electron chi connectivity index (χ0n) is 22.1. The summed E-state index contributed by atoms with van der Waals surface area (Å²) in [6.45, 7) is 1.41. The van der Waals surface area contributed by atoms with Crippen molar-refractivity contribution in [3.63, 3.8) is 0 Å². The third kappa shape index (κ3) is 3.24. The van der Waals surface area contributed by atoms with Crippen LogP contribution in [-0.4, -0.2) is 47.1 Å². The van der Waals surface area contributed by atoms with Gasteiger partial charge in [-0.25, -0.2) is 4.68 Å². The maximum absolute atomic E-state index is 14.1. The predicted octanol–water partition coefficient (Wildman–Crippen LogP) is 2.97. The summed E-state index contributed by atoms with van der Waals surface area (Å²) >= 11 is 6.54. The number of fused-ring (bicyclic) bond motifs is 6. The van der Waals surface area contributed by atoms with Gasteiger partial charge in [-0.3, -0.25) is 9.59 Å². The van der Waals surface area contributed by atoms with E-state index in [1.807, 2.05) is 0 Å². The number of aromatic hydroxyl groups is 2. The minimum absolute atomic E-state index is 0.0592. The molecule has 2 aromatic carbocycles. The van der Waals surface area contributed by atoms with Gasteiger partial charge in [-0.15, -0.1) is 0 Å². The number of halogens is 1. The van der Waals surface area contributed by atoms with Gasteiger partial charge in [0.25, 0.3) is 5.56 Å². The van der Waals surface area contributed by atoms with E-state index in [9.17, 15) is 24.9 Å². The van der Waals surface area contributed by atoms with E-state index in [-0.39, 0.29) is 69.2 Å². The molecular weight excluding hydrogens is 560 g/mol. The maximum atomic E-state index is 14.1. The van der Waals surface area contributed by atoms with E-state index >= 15 is 0 Å². The van der Waals surface area contributed by atoms with Crippen LogP contribution >= 0.6 is 11.6 Å². The number of nitrogen functional groups attached to an aromatic ring is 1. The zero-order chi connectivity index (χ0) is 29.1. The number of aromatic nitrogens is 1. The second kappa shape index (κ2) is 8.84. The van der Waals surface area contributed by atoms with Crippen LogP contribution in [0.2, 0.25) is 5.02 Å². The van der Waals surface area contributed by atoms with Crippen LogP contribution in [0.25, 0.3) is 32.9 Å². The summed E-state index contributed by atoms with van der Waals surface area (Å²) in [6, 6.07) is 1.66. The Kier molecular flexibility index (Phi) is 5.63. The lowest BCUT2D eigenvalue weighted by Crippen LogP contribution is -2.34. The van der Waals surface area contributed by atoms with Crippen LogP contribution in [0.4, 0.5) is 0 Å². The van der Waals surface area contributed by atoms with Gasteiger partial charge in [0, 0.05) is 49.1 Å². The molecule has 3 aliphatic rings. The van der Waals surface area contributed by atoms with Gasteiger partial charge in [0.1, 0.15) is 28.7 Å². The van der Waals surface area contributed by atoms with Crippen LogP contribution in [-0.2, 0) is 20.6 Å². The molecule has 12 nitrogen and oxygen atoms in total. The van der Waals surface area contributed by atoms with E-state index in [2.05, 4.69) is 0 Å². The lowest BCUT2D eigenvalue weighted by Gasteiger charge is -2.36. The van der Waals surface area contributed by atoms with Gasteiger partial charge < -0.3 is 44.5 Å². The van der Waals surface area contributed by atoms with E-state index in [1.54, 1.807) is 13.0 Å². The normalized spacial score (nSPS) is 22.8. The number of nitrogens with zero attached hydrogens (tertiary/aromatic N) is 1. The number of phenols is 2. The Morgan fingerprint density at radius 2 is 1.83 bits per heavy atom. The molecule has 4 atom stereocenters. The van der Waals surface area contributed by atoms with Crippen LogP contribution in [0.3, 0.4) is 0 Å². The Morgan fingerprint density at radius 1 is 1.10 bits per heavy atom. The van der Waals surface area contributed by atoms with Gasteiger partial charge in [0.05, 0.1) is 40.0 Å². The van der Waals surface area contributed by atoms with Crippen molar-refractivity contribution in [3.8, 4) is 28.4 Å². The highest BCUT2D eigenvalue weighted by Crippen LogP contribution is 2.57. The lowest BCUT2D eigenvalue weighted by molar-refractivity contribution is -0.0709. The molecule has 0 bridgehead atoms. The smallest absolute Gasteiger partial charge is 0.280 e. The van der Waals surface area contributed by atoms with Crippen molar-refractivity contribution in [1.82, 2.24) is 4.68 Å². The highest BCUT2D eigenvalue weighted by atomic mass is 35.5. The molecule has 2 aliphatic carbocycles. The highest BCUT2D eigenvalue weighted by molar-refractivity contribution is 6.36. The van der Waals surface area contributed by atoms with Crippen molar-refractivity contribution >= 4 is 33.3 Å². The quantitative estimate of drug-likeness (QED) is 0.255. The second-order valence-corrected chi connectivity index (χ2v) is 10.8. The Bertz CT molecular complexity index is 1950. The highest BCUT2D eigenvalue weighted by Gasteiger charge is 2.43. The summed E-state index contributed by atoms with van der Waals surface area (Å²) in [4.78, 5) is 27.3. The number of aliphatic hydroxyl groups excluding tert-OH is 1. The standard InChI is InChI=1S/C28H25ClN2O10/c1-8-20(29)10-4-9-5-13-16-18(14(9)21(33)15(10)28(36)31(8)30)23(35)19-22(34)17-12(37-2)6-11(32)24(38-3)26(17)41-27(19)25(16)40-7-39-13/h4,11-13,24,32-33,35H,5-7,30H2,1-3H3/t11-,12+,13+,24-/m1/s1.